The maximum atomic E-state index is 11.0. The number of pyridine rings is 1. The van der Waals surface area contributed by atoms with Gasteiger partial charge >= 0.3 is 0 Å². The molecule has 0 saturated carbocycles. The van der Waals surface area contributed by atoms with E-state index in [1.165, 1.54) is 0 Å². The zero-order chi connectivity index (χ0) is 13.7. The monoisotopic (exact) mass is 255 g/mol. The van der Waals surface area contributed by atoms with Crippen molar-refractivity contribution in [1.82, 2.24) is 10.3 Å². The Morgan fingerprint density at radius 2 is 2.05 bits per heavy atom. The summed E-state index contributed by atoms with van der Waals surface area (Å²) in [6.45, 7) is 2.82. The number of nitrogens with zero attached hydrogens (tertiary/aromatic N) is 1. The lowest BCUT2D eigenvalue weighted by atomic mass is 10.1. The fourth-order valence-corrected chi connectivity index (χ4v) is 1.81. The van der Waals surface area contributed by atoms with E-state index in [9.17, 15) is 4.79 Å². The second-order valence-corrected chi connectivity index (χ2v) is 4.45. The molecule has 2 aromatic rings. The van der Waals surface area contributed by atoms with Crippen LogP contribution in [0, 0.1) is 0 Å². The molecule has 1 aromatic heterocycles. The van der Waals surface area contributed by atoms with E-state index in [1.54, 1.807) is 18.3 Å². The van der Waals surface area contributed by atoms with E-state index >= 15 is 0 Å². The molecule has 0 fully saturated rings. The van der Waals surface area contributed by atoms with Crippen molar-refractivity contribution in [2.75, 3.05) is 0 Å². The highest BCUT2D eigenvalue weighted by molar-refractivity contribution is 5.92. The second kappa shape index (κ2) is 6.11. The minimum Gasteiger partial charge on any atom is -0.366 e. The zero-order valence-corrected chi connectivity index (χ0v) is 10.8. The third kappa shape index (κ3) is 3.63. The average Bonchev–Trinajstić information content (AvgIpc) is 2.46. The van der Waals surface area contributed by atoms with Crippen LogP contribution < -0.4 is 11.1 Å². The summed E-state index contributed by atoms with van der Waals surface area (Å²) in [5.74, 6) is -0.400. The number of rotatable bonds is 5. The molecule has 1 aromatic carbocycles. The number of carbonyl (C=O) groups excluding carboxylic acids is 1. The first-order chi connectivity index (χ1) is 9.16. The lowest BCUT2D eigenvalue weighted by molar-refractivity contribution is 0.100. The highest BCUT2D eigenvalue weighted by Gasteiger charge is 2.05. The first-order valence-electron chi connectivity index (χ1n) is 6.19. The summed E-state index contributed by atoms with van der Waals surface area (Å²) in [5, 5.41) is 3.41. The van der Waals surface area contributed by atoms with Gasteiger partial charge in [-0.2, -0.15) is 0 Å². The first-order valence-corrected chi connectivity index (χ1v) is 6.19. The summed E-state index contributed by atoms with van der Waals surface area (Å²) in [7, 11) is 0. The van der Waals surface area contributed by atoms with E-state index in [4.69, 9.17) is 5.73 Å². The third-order valence-corrected chi connectivity index (χ3v) is 3.04. The number of benzene rings is 1. The molecule has 0 aliphatic heterocycles. The van der Waals surface area contributed by atoms with Gasteiger partial charge in [-0.25, -0.2) is 0 Å². The first kappa shape index (κ1) is 13.2. The maximum Gasteiger partial charge on any atom is 0.248 e. The van der Waals surface area contributed by atoms with Crippen LogP contribution >= 0.6 is 0 Å². The highest BCUT2D eigenvalue weighted by atomic mass is 16.1. The van der Waals surface area contributed by atoms with E-state index in [-0.39, 0.29) is 6.04 Å². The normalized spacial score (nSPS) is 12.1. The van der Waals surface area contributed by atoms with Crippen LogP contribution in [0.25, 0.3) is 0 Å². The number of carbonyl (C=O) groups is 1. The van der Waals surface area contributed by atoms with Crippen LogP contribution in [0.2, 0.25) is 0 Å². The van der Waals surface area contributed by atoms with Crippen molar-refractivity contribution < 1.29 is 4.79 Å². The zero-order valence-electron chi connectivity index (χ0n) is 10.8. The van der Waals surface area contributed by atoms with Crippen LogP contribution in [0.15, 0.2) is 48.8 Å². The number of nitrogens with two attached hydrogens (primary N) is 1. The van der Waals surface area contributed by atoms with Crippen molar-refractivity contribution in [2.24, 2.45) is 5.73 Å². The molecule has 4 nitrogen and oxygen atoms in total. The van der Waals surface area contributed by atoms with Crippen molar-refractivity contribution in [3.05, 3.63) is 65.5 Å². The Kier molecular flexibility index (Phi) is 4.26. The maximum absolute atomic E-state index is 11.0. The largest absolute Gasteiger partial charge is 0.366 e. The van der Waals surface area contributed by atoms with Crippen LogP contribution in [0.3, 0.4) is 0 Å². The Morgan fingerprint density at radius 3 is 2.63 bits per heavy atom. The number of amides is 1. The number of nitrogens with one attached hydrogen (secondary N) is 1. The van der Waals surface area contributed by atoms with Gasteiger partial charge < -0.3 is 11.1 Å². The van der Waals surface area contributed by atoms with Gasteiger partial charge in [-0.3, -0.25) is 9.78 Å². The molecular formula is C15H17N3O. The van der Waals surface area contributed by atoms with Crippen LogP contribution in [-0.2, 0) is 6.54 Å². The van der Waals surface area contributed by atoms with E-state index in [2.05, 4.69) is 17.2 Å². The topological polar surface area (TPSA) is 68.0 Å². The molecule has 0 aliphatic carbocycles. The molecule has 0 bridgehead atoms. The lowest BCUT2D eigenvalue weighted by Gasteiger charge is -2.13. The van der Waals surface area contributed by atoms with Gasteiger partial charge in [-0.1, -0.05) is 18.2 Å². The molecule has 2 rings (SSSR count). The van der Waals surface area contributed by atoms with Crippen LogP contribution in [0.5, 0.6) is 0 Å². The third-order valence-electron chi connectivity index (χ3n) is 3.04. The smallest absolute Gasteiger partial charge is 0.248 e. The SMILES string of the molecule is CC(NCc1ccc(C(N)=O)cc1)c1cccnc1. The predicted octanol–water partition coefficient (Wildman–Crippen LogP) is 2.03. The van der Waals surface area contributed by atoms with Crippen LogP contribution in [0.1, 0.15) is 34.5 Å². The Bertz CT molecular complexity index is 537. The Balaban J connectivity index is 1.93. The summed E-state index contributed by atoms with van der Waals surface area (Å²) in [6.07, 6.45) is 3.62. The highest BCUT2D eigenvalue weighted by Crippen LogP contribution is 2.11. The predicted molar refractivity (Wildman–Crippen MR) is 74.5 cm³/mol. The molecule has 3 N–H and O–H groups in total. The van der Waals surface area contributed by atoms with E-state index in [1.807, 2.05) is 30.5 Å². The van der Waals surface area contributed by atoms with E-state index in [0.29, 0.717) is 5.56 Å². The summed E-state index contributed by atoms with van der Waals surface area (Å²) in [4.78, 5) is 15.1. The van der Waals surface area contributed by atoms with Crippen molar-refractivity contribution in [3.63, 3.8) is 0 Å². The van der Waals surface area contributed by atoms with E-state index in [0.717, 1.165) is 17.7 Å². The van der Waals surface area contributed by atoms with Gasteiger partial charge in [0.25, 0.3) is 0 Å². The molecule has 0 saturated heterocycles. The van der Waals surface area contributed by atoms with Crippen LogP contribution in [-0.4, -0.2) is 10.9 Å². The van der Waals surface area contributed by atoms with Gasteiger partial charge in [-0.15, -0.1) is 0 Å². The Labute approximate surface area is 112 Å². The lowest BCUT2D eigenvalue weighted by Crippen LogP contribution is -2.18. The van der Waals surface area contributed by atoms with Crippen molar-refractivity contribution in [2.45, 2.75) is 19.5 Å². The van der Waals surface area contributed by atoms with Gasteiger partial charge in [0.15, 0.2) is 0 Å². The molecule has 0 aliphatic rings. The molecule has 1 amide bonds. The molecule has 1 atom stereocenters. The molecule has 0 radical (unpaired) electrons. The standard InChI is InChI=1S/C15H17N3O/c1-11(14-3-2-8-17-10-14)18-9-12-4-6-13(7-5-12)15(16)19/h2-8,10-11,18H,9H2,1H3,(H2,16,19). The van der Waals surface area contributed by atoms with E-state index < -0.39 is 5.91 Å². The molecule has 19 heavy (non-hydrogen) atoms. The average molecular weight is 255 g/mol. The summed E-state index contributed by atoms with van der Waals surface area (Å²) < 4.78 is 0. The van der Waals surface area contributed by atoms with Gasteiger partial charge in [0.2, 0.25) is 5.91 Å². The van der Waals surface area contributed by atoms with Crippen molar-refractivity contribution >= 4 is 5.91 Å². The fourth-order valence-electron chi connectivity index (χ4n) is 1.81. The van der Waals surface area contributed by atoms with Crippen molar-refractivity contribution in [3.8, 4) is 0 Å². The van der Waals surface area contributed by atoms with Gasteiger partial charge in [0.1, 0.15) is 0 Å². The summed E-state index contributed by atoms with van der Waals surface area (Å²) in [5.41, 5.74) is 7.99. The molecule has 0 spiro atoms. The molecular weight excluding hydrogens is 238 g/mol. The summed E-state index contributed by atoms with van der Waals surface area (Å²) in [6, 6.07) is 11.5. The minimum atomic E-state index is -0.400. The number of primary amides is 1. The molecule has 1 heterocycles. The Morgan fingerprint density at radius 1 is 1.32 bits per heavy atom. The Hall–Kier alpha value is -2.20. The molecule has 1 unspecified atom stereocenters. The number of aromatic nitrogens is 1. The fraction of sp³-hybridized carbons (Fsp3) is 0.200. The van der Waals surface area contributed by atoms with Crippen molar-refractivity contribution in [1.29, 1.82) is 0 Å². The van der Waals surface area contributed by atoms with Crippen LogP contribution in [0.4, 0.5) is 0 Å². The molecule has 4 heteroatoms. The quantitative estimate of drug-likeness (QED) is 0.859. The molecule has 98 valence electrons. The minimum absolute atomic E-state index is 0.226. The van der Waals surface area contributed by atoms with Gasteiger partial charge in [0.05, 0.1) is 0 Å². The van der Waals surface area contributed by atoms with Gasteiger partial charge in [0, 0.05) is 30.5 Å². The second-order valence-electron chi connectivity index (χ2n) is 4.45. The summed E-state index contributed by atoms with van der Waals surface area (Å²) >= 11 is 0. The van der Waals surface area contributed by atoms with Gasteiger partial charge in [-0.05, 0) is 36.2 Å². The number of hydrogen-bond acceptors (Lipinski definition) is 3. The number of hydrogen-bond donors (Lipinski definition) is 2.